The van der Waals surface area contributed by atoms with Gasteiger partial charge in [0.2, 0.25) is 0 Å². The molecule has 0 N–H and O–H groups in total. The standard InChI is InChI=1S/C19H34N2/c1-16(2,20-12-18(13-20)8-5-6-9-18)17(3,4)21-14-19(15-21)10-7-11-19/h5-15H2,1-4H3. The van der Waals surface area contributed by atoms with Crippen LogP contribution in [0.5, 0.6) is 0 Å². The molecule has 120 valence electrons. The van der Waals surface area contributed by atoms with Crippen molar-refractivity contribution in [3.63, 3.8) is 0 Å². The summed E-state index contributed by atoms with van der Waals surface area (Å²) in [6.45, 7) is 15.5. The van der Waals surface area contributed by atoms with Crippen molar-refractivity contribution in [3.05, 3.63) is 0 Å². The molecule has 4 aliphatic rings. The summed E-state index contributed by atoms with van der Waals surface area (Å²) >= 11 is 0. The Labute approximate surface area is 131 Å². The lowest BCUT2D eigenvalue weighted by Crippen LogP contribution is -2.77. The Hall–Kier alpha value is -0.0800. The Morgan fingerprint density at radius 1 is 0.571 bits per heavy atom. The van der Waals surface area contributed by atoms with Crippen LogP contribution in [-0.2, 0) is 0 Å². The predicted molar refractivity (Wildman–Crippen MR) is 88.5 cm³/mol. The molecule has 2 aliphatic carbocycles. The molecule has 0 bridgehead atoms. The number of hydrogen-bond acceptors (Lipinski definition) is 2. The molecule has 0 aromatic heterocycles. The van der Waals surface area contributed by atoms with Crippen LogP contribution in [0.3, 0.4) is 0 Å². The molecule has 0 amide bonds. The van der Waals surface area contributed by atoms with Gasteiger partial charge in [-0.1, -0.05) is 19.3 Å². The van der Waals surface area contributed by atoms with Gasteiger partial charge in [0.15, 0.2) is 0 Å². The van der Waals surface area contributed by atoms with Gasteiger partial charge in [0.05, 0.1) is 0 Å². The quantitative estimate of drug-likeness (QED) is 0.777. The maximum Gasteiger partial charge on any atom is 0.0332 e. The monoisotopic (exact) mass is 290 g/mol. The molecule has 2 heterocycles. The largest absolute Gasteiger partial charge is 0.295 e. The van der Waals surface area contributed by atoms with Crippen LogP contribution < -0.4 is 0 Å². The van der Waals surface area contributed by atoms with Gasteiger partial charge in [-0.05, 0) is 64.2 Å². The zero-order valence-corrected chi connectivity index (χ0v) is 14.7. The lowest BCUT2D eigenvalue weighted by atomic mass is 9.60. The summed E-state index contributed by atoms with van der Waals surface area (Å²) in [6.07, 6.45) is 10.4. The second-order valence-corrected chi connectivity index (χ2v) is 9.89. The SMILES string of the molecule is CC(C)(N1CC2(CCCC2)C1)C(C)(C)N1CC2(CCC2)C1. The van der Waals surface area contributed by atoms with E-state index in [4.69, 9.17) is 0 Å². The average molecular weight is 290 g/mol. The minimum atomic E-state index is 0.298. The van der Waals surface area contributed by atoms with Crippen molar-refractivity contribution in [2.24, 2.45) is 10.8 Å². The van der Waals surface area contributed by atoms with Crippen molar-refractivity contribution in [3.8, 4) is 0 Å². The smallest absolute Gasteiger partial charge is 0.0332 e. The van der Waals surface area contributed by atoms with Gasteiger partial charge >= 0.3 is 0 Å². The van der Waals surface area contributed by atoms with Crippen molar-refractivity contribution in [2.75, 3.05) is 26.2 Å². The molecule has 2 saturated carbocycles. The van der Waals surface area contributed by atoms with Crippen LogP contribution in [0.1, 0.15) is 72.6 Å². The topological polar surface area (TPSA) is 6.48 Å². The van der Waals surface area contributed by atoms with Crippen molar-refractivity contribution in [1.82, 2.24) is 9.80 Å². The predicted octanol–water partition coefficient (Wildman–Crippen LogP) is 3.91. The van der Waals surface area contributed by atoms with E-state index in [1.165, 1.54) is 71.1 Å². The van der Waals surface area contributed by atoms with E-state index in [0.717, 1.165) is 10.8 Å². The Kier molecular flexibility index (Phi) is 2.94. The first-order valence-electron chi connectivity index (χ1n) is 9.29. The third-order valence-corrected chi connectivity index (χ3v) is 8.26. The molecule has 0 aromatic carbocycles. The summed E-state index contributed by atoms with van der Waals surface area (Å²) in [5.41, 5.74) is 2.06. The van der Waals surface area contributed by atoms with Gasteiger partial charge in [0, 0.05) is 37.3 Å². The molecule has 0 aromatic rings. The van der Waals surface area contributed by atoms with E-state index in [-0.39, 0.29) is 0 Å². The summed E-state index contributed by atoms with van der Waals surface area (Å²) in [5.74, 6) is 0. The number of rotatable bonds is 3. The van der Waals surface area contributed by atoms with Gasteiger partial charge in [0.1, 0.15) is 0 Å². The highest BCUT2D eigenvalue weighted by atomic mass is 15.4. The first-order chi connectivity index (χ1) is 9.79. The summed E-state index contributed by atoms with van der Waals surface area (Å²) < 4.78 is 0. The normalized spacial score (nSPS) is 32.0. The minimum absolute atomic E-state index is 0.298. The fourth-order valence-electron chi connectivity index (χ4n) is 5.53. The van der Waals surface area contributed by atoms with E-state index in [0.29, 0.717) is 11.1 Å². The number of likely N-dealkylation sites (tertiary alicyclic amines) is 2. The molecule has 2 heteroatoms. The highest BCUT2D eigenvalue weighted by Gasteiger charge is 2.59. The van der Waals surface area contributed by atoms with Gasteiger partial charge in [-0.15, -0.1) is 0 Å². The first-order valence-corrected chi connectivity index (χ1v) is 9.29. The van der Waals surface area contributed by atoms with E-state index in [1.807, 2.05) is 0 Å². The van der Waals surface area contributed by atoms with Crippen LogP contribution in [0.25, 0.3) is 0 Å². The van der Waals surface area contributed by atoms with Crippen molar-refractivity contribution in [1.29, 1.82) is 0 Å². The molecule has 0 unspecified atom stereocenters. The molecule has 4 fully saturated rings. The Morgan fingerprint density at radius 2 is 0.905 bits per heavy atom. The molecule has 4 rings (SSSR count). The second-order valence-electron chi connectivity index (χ2n) is 9.89. The van der Waals surface area contributed by atoms with Gasteiger partial charge in [-0.3, -0.25) is 9.80 Å². The maximum absolute atomic E-state index is 2.80. The summed E-state index contributed by atoms with van der Waals surface area (Å²) in [4.78, 5) is 5.58. The summed E-state index contributed by atoms with van der Waals surface area (Å²) in [6, 6.07) is 0. The van der Waals surface area contributed by atoms with Gasteiger partial charge in [0.25, 0.3) is 0 Å². The zero-order valence-electron chi connectivity index (χ0n) is 14.7. The number of hydrogen-bond donors (Lipinski definition) is 0. The van der Waals surface area contributed by atoms with Crippen LogP contribution in [0.15, 0.2) is 0 Å². The highest BCUT2D eigenvalue weighted by Crippen LogP contribution is 2.54. The zero-order chi connectivity index (χ0) is 14.9. The average Bonchev–Trinajstić information content (AvgIpc) is 2.70. The Bertz CT molecular complexity index is 411. The van der Waals surface area contributed by atoms with Crippen molar-refractivity contribution >= 4 is 0 Å². The van der Waals surface area contributed by atoms with E-state index in [2.05, 4.69) is 37.5 Å². The lowest BCUT2D eigenvalue weighted by Gasteiger charge is -2.68. The van der Waals surface area contributed by atoms with E-state index in [9.17, 15) is 0 Å². The molecule has 2 saturated heterocycles. The van der Waals surface area contributed by atoms with E-state index in [1.54, 1.807) is 0 Å². The van der Waals surface area contributed by atoms with Gasteiger partial charge < -0.3 is 0 Å². The fraction of sp³-hybridized carbons (Fsp3) is 1.00. The van der Waals surface area contributed by atoms with Crippen LogP contribution in [0.4, 0.5) is 0 Å². The highest BCUT2D eigenvalue weighted by molar-refractivity contribution is 5.14. The summed E-state index contributed by atoms with van der Waals surface area (Å²) in [5, 5.41) is 0. The van der Waals surface area contributed by atoms with Gasteiger partial charge in [-0.2, -0.15) is 0 Å². The second kappa shape index (κ2) is 4.26. The van der Waals surface area contributed by atoms with Crippen LogP contribution in [-0.4, -0.2) is 47.1 Å². The molecule has 21 heavy (non-hydrogen) atoms. The molecule has 0 atom stereocenters. The van der Waals surface area contributed by atoms with Crippen molar-refractivity contribution < 1.29 is 0 Å². The minimum Gasteiger partial charge on any atom is -0.295 e. The molecule has 2 nitrogen and oxygen atoms in total. The molecular formula is C19H34N2. The lowest BCUT2D eigenvalue weighted by molar-refractivity contribution is -0.177. The number of nitrogens with zero attached hydrogens (tertiary/aromatic N) is 2. The van der Waals surface area contributed by atoms with Crippen LogP contribution in [0.2, 0.25) is 0 Å². The maximum atomic E-state index is 2.80. The van der Waals surface area contributed by atoms with Crippen molar-refractivity contribution in [2.45, 2.75) is 83.7 Å². The van der Waals surface area contributed by atoms with Gasteiger partial charge in [-0.25, -0.2) is 0 Å². The van der Waals surface area contributed by atoms with E-state index >= 15 is 0 Å². The third-order valence-electron chi connectivity index (χ3n) is 8.26. The molecule has 0 radical (unpaired) electrons. The summed E-state index contributed by atoms with van der Waals surface area (Å²) in [7, 11) is 0. The van der Waals surface area contributed by atoms with Crippen LogP contribution >= 0.6 is 0 Å². The molecule has 2 spiro atoms. The Morgan fingerprint density at radius 3 is 1.19 bits per heavy atom. The van der Waals surface area contributed by atoms with Crippen LogP contribution in [0, 0.1) is 10.8 Å². The molecule has 2 aliphatic heterocycles. The molecular weight excluding hydrogens is 256 g/mol. The first kappa shape index (κ1) is 14.5. The fourth-order valence-corrected chi connectivity index (χ4v) is 5.53. The Balaban J connectivity index is 1.41. The van der Waals surface area contributed by atoms with E-state index < -0.39 is 0 Å². The third kappa shape index (κ3) is 1.91.